The lowest BCUT2D eigenvalue weighted by Gasteiger charge is -2.18. The van der Waals surface area contributed by atoms with Gasteiger partial charge in [0, 0.05) is 21.6 Å². The summed E-state index contributed by atoms with van der Waals surface area (Å²) in [6.45, 7) is 0. The van der Waals surface area contributed by atoms with Crippen molar-refractivity contribution in [3.63, 3.8) is 0 Å². The molecule has 0 bridgehead atoms. The lowest BCUT2D eigenvalue weighted by molar-refractivity contribution is 0.103. The van der Waals surface area contributed by atoms with Crippen LogP contribution in [-0.4, -0.2) is 5.78 Å². The normalized spacial score (nSPS) is 12.1. The Balaban J connectivity index is 2.46. The van der Waals surface area contributed by atoms with E-state index >= 15 is 0 Å². The molecule has 0 fully saturated rings. The molecule has 0 amide bonds. The summed E-state index contributed by atoms with van der Waals surface area (Å²) in [6, 6.07) is 12.7. The summed E-state index contributed by atoms with van der Waals surface area (Å²) >= 11 is 1.38. The summed E-state index contributed by atoms with van der Waals surface area (Å²) < 4.78 is 0. The molecule has 1 aromatic carbocycles. The Morgan fingerprint density at radius 1 is 1.00 bits per heavy atom. The Kier molecular flexibility index (Phi) is 2.52. The molecule has 1 aromatic heterocycles. The minimum Gasteiger partial charge on any atom is -0.289 e. The lowest BCUT2D eigenvalue weighted by Crippen LogP contribution is -2.12. The van der Waals surface area contributed by atoms with Gasteiger partial charge >= 0.3 is 0 Å². The first-order valence-corrected chi connectivity index (χ1v) is 6.42. The second-order valence-corrected chi connectivity index (χ2v) is 4.93. The van der Waals surface area contributed by atoms with E-state index in [2.05, 4.69) is 0 Å². The first-order valence-electron chi connectivity index (χ1n) is 5.54. The highest BCUT2D eigenvalue weighted by atomic mass is 32.1. The number of fused-ring (bicyclic) bond motifs is 2. The van der Waals surface area contributed by atoms with Gasteiger partial charge in [-0.15, -0.1) is 11.3 Å². The number of nitrogens with zero attached hydrogens (tertiary/aromatic N) is 2. The van der Waals surface area contributed by atoms with Crippen LogP contribution in [0.4, 0.5) is 0 Å². The van der Waals surface area contributed by atoms with E-state index in [1.807, 2.05) is 12.1 Å². The van der Waals surface area contributed by atoms with Crippen molar-refractivity contribution in [1.29, 1.82) is 10.5 Å². The number of carbonyl (C=O) groups excluding carboxylic acids is 1. The van der Waals surface area contributed by atoms with Crippen molar-refractivity contribution in [2.24, 2.45) is 0 Å². The summed E-state index contributed by atoms with van der Waals surface area (Å²) in [5, 5.41) is 20.1. The number of thiophene rings is 1. The molecule has 3 nitrogen and oxygen atoms in total. The second kappa shape index (κ2) is 4.20. The Hall–Kier alpha value is -2.69. The zero-order chi connectivity index (χ0) is 13.4. The zero-order valence-electron chi connectivity index (χ0n) is 9.68. The number of carbonyl (C=O) groups is 1. The number of hydrogen-bond acceptors (Lipinski definition) is 4. The van der Waals surface area contributed by atoms with Gasteiger partial charge in [-0.1, -0.05) is 24.3 Å². The Morgan fingerprint density at radius 2 is 1.68 bits per heavy atom. The fraction of sp³-hybridized carbons (Fsp3) is 0. The third kappa shape index (κ3) is 1.52. The fourth-order valence-corrected chi connectivity index (χ4v) is 3.19. The van der Waals surface area contributed by atoms with E-state index in [0.29, 0.717) is 27.1 Å². The lowest BCUT2D eigenvalue weighted by atomic mass is 9.84. The van der Waals surface area contributed by atoms with Crippen molar-refractivity contribution in [2.45, 2.75) is 0 Å². The first kappa shape index (κ1) is 11.4. The van der Waals surface area contributed by atoms with Crippen molar-refractivity contribution < 1.29 is 4.79 Å². The smallest absolute Gasteiger partial charge is 0.195 e. The molecule has 0 radical (unpaired) electrons. The molecule has 88 valence electrons. The maximum atomic E-state index is 12.3. The summed E-state index contributed by atoms with van der Waals surface area (Å²) in [4.78, 5) is 13.0. The van der Waals surface area contributed by atoms with E-state index in [4.69, 9.17) is 10.5 Å². The Labute approximate surface area is 113 Å². The standard InChI is InChI=1S/C15H6N2OS/c16-7-9(8-17)13-10-3-1-2-4-11(10)14(18)12-5-6-19-15(12)13/h1-6H. The molecule has 0 spiro atoms. The van der Waals surface area contributed by atoms with Gasteiger partial charge in [0.15, 0.2) is 5.78 Å². The minimum atomic E-state index is -0.0502. The predicted molar refractivity (Wildman–Crippen MR) is 71.4 cm³/mol. The van der Waals surface area contributed by atoms with Crippen LogP contribution in [0.1, 0.15) is 26.4 Å². The number of rotatable bonds is 0. The van der Waals surface area contributed by atoms with E-state index in [1.54, 1.807) is 35.7 Å². The van der Waals surface area contributed by atoms with Gasteiger partial charge in [0.25, 0.3) is 0 Å². The van der Waals surface area contributed by atoms with Crippen molar-refractivity contribution in [1.82, 2.24) is 0 Å². The zero-order valence-corrected chi connectivity index (χ0v) is 10.5. The van der Waals surface area contributed by atoms with Crippen molar-refractivity contribution >= 4 is 22.7 Å². The molecule has 0 atom stereocenters. The average Bonchev–Trinajstić information content (AvgIpc) is 2.93. The van der Waals surface area contributed by atoms with Crippen LogP contribution in [0.5, 0.6) is 0 Å². The maximum absolute atomic E-state index is 12.3. The summed E-state index contributed by atoms with van der Waals surface area (Å²) in [7, 11) is 0. The molecule has 1 heterocycles. The van der Waals surface area contributed by atoms with Crippen LogP contribution in [0.25, 0.3) is 5.57 Å². The van der Waals surface area contributed by atoms with Gasteiger partial charge in [0.1, 0.15) is 17.7 Å². The van der Waals surface area contributed by atoms with Crippen LogP contribution >= 0.6 is 11.3 Å². The van der Waals surface area contributed by atoms with Gasteiger partial charge in [-0.2, -0.15) is 10.5 Å². The van der Waals surface area contributed by atoms with Gasteiger partial charge < -0.3 is 0 Å². The summed E-state index contributed by atoms with van der Waals surface area (Å²) in [5.74, 6) is -0.0502. The van der Waals surface area contributed by atoms with Gasteiger partial charge in [-0.3, -0.25) is 4.79 Å². The van der Waals surface area contributed by atoms with E-state index in [1.165, 1.54) is 11.3 Å². The molecule has 0 saturated heterocycles. The molecule has 0 unspecified atom stereocenters. The Bertz CT molecular complexity index is 799. The van der Waals surface area contributed by atoms with Crippen LogP contribution in [-0.2, 0) is 0 Å². The number of allylic oxidation sites excluding steroid dienone is 1. The number of benzene rings is 1. The predicted octanol–water partition coefficient (Wildman–Crippen LogP) is 3.14. The molecule has 19 heavy (non-hydrogen) atoms. The van der Waals surface area contributed by atoms with Crippen LogP contribution in [0.15, 0.2) is 41.3 Å². The fourth-order valence-electron chi connectivity index (χ4n) is 2.23. The molecule has 2 aromatic rings. The van der Waals surface area contributed by atoms with Crippen molar-refractivity contribution in [3.8, 4) is 12.1 Å². The SMILES string of the molecule is N#CC(C#N)=C1c2ccccc2C(=O)c2ccsc21. The van der Waals surface area contributed by atoms with Gasteiger partial charge in [0.2, 0.25) is 0 Å². The molecule has 1 aliphatic carbocycles. The largest absolute Gasteiger partial charge is 0.289 e. The van der Waals surface area contributed by atoms with Crippen LogP contribution in [0.3, 0.4) is 0 Å². The number of hydrogen-bond donors (Lipinski definition) is 0. The van der Waals surface area contributed by atoms with Crippen LogP contribution in [0, 0.1) is 22.7 Å². The quantitative estimate of drug-likeness (QED) is 0.584. The van der Waals surface area contributed by atoms with Gasteiger partial charge in [0.05, 0.1) is 0 Å². The van der Waals surface area contributed by atoms with Crippen molar-refractivity contribution in [3.05, 3.63) is 62.9 Å². The maximum Gasteiger partial charge on any atom is 0.195 e. The monoisotopic (exact) mass is 262 g/mol. The Morgan fingerprint density at radius 3 is 2.37 bits per heavy atom. The van der Waals surface area contributed by atoms with Crippen LogP contribution in [0.2, 0.25) is 0 Å². The molecule has 4 heteroatoms. The molecule has 3 rings (SSSR count). The molecule has 0 aliphatic heterocycles. The van der Waals surface area contributed by atoms with E-state index in [9.17, 15) is 4.79 Å². The van der Waals surface area contributed by atoms with E-state index in [-0.39, 0.29) is 11.4 Å². The molecular weight excluding hydrogens is 256 g/mol. The number of ketones is 1. The molecule has 1 aliphatic rings. The average molecular weight is 262 g/mol. The van der Waals surface area contributed by atoms with Gasteiger partial charge in [-0.25, -0.2) is 0 Å². The van der Waals surface area contributed by atoms with Crippen molar-refractivity contribution in [2.75, 3.05) is 0 Å². The molecular formula is C15H6N2OS. The topological polar surface area (TPSA) is 64.7 Å². The highest BCUT2D eigenvalue weighted by Gasteiger charge is 2.29. The highest BCUT2D eigenvalue weighted by Crippen LogP contribution is 2.40. The molecule has 0 saturated carbocycles. The highest BCUT2D eigenvalue weighted by molar-refractivity contribution is 7.11. The summed E-state index contributed by atoms with van der Waals surface area (Å²) in [5.41, 5.74) is 2.41. The minimum absolute atomic E-state index is 0.0450. The van der Waals surface area contributed by atoms with E-state index < -0.39 is 0 Å². The third-order valence-electron chi connectivity index (χ3n) is 3.05. The number of nitriles is 2. The first-order chi connectivity index (χ1) is 9.27. The van der Waals surface area contributed by atoms with Gasteiger partial charge in [-0.05, 0) is 17.0 Å². The van der Waals surface area contributed by atoms with Crippen LogP contribution < -0.4 is 0 Å². The second-order valence-electron chi connectivity index (χ2n) is 4.01. The molecule has 0 N–H and O–H groups in total. The summed E-state index contributed by atoms with van der Waals surface area (Å²) in [6.07, 6.45) is 0. The van der Waals surface area contributed by atoms with E-state index in [0.717, 1.165) is 0 Å². The third-order valence-corrected chi connectivity index (χ3v) is 3.98.